The number of benzene rings is 1. The molecule has 100 valence electrons. The van der Waals surface area contributed by atoms with Crippen LogP contribution in [0.1, 0.15) is 31.7 Å². The summed E-state index contributed by atoms with van der Waals surface area (Å²) in [7, 11) is 1.70. The second kappa shape index (κ2) is 6.58. The van der Waals surface area contributed by atoms with E-state index >= 15 is 0 Å². The fourth-order valence-corrected chi connectivity index (χ4v) is 2.75. The zero-order valence-corrected chi connectivity index (χ0v) is 12.8. The van der Waals surface area contributed by atoms with E-state index in [9.17, 15) is 0 Å². The Balaban J connectivity index is 1.78. The maximum Gasteiger partial charge on any atom is 0.133 e. The molecule has 2 rings (SSSR count). The van der Waals surface area contributed by atoms with E-state index in [0.29, 0.717) is 0 Å². The molecule has 0 radical (unpaired) electrons. The zero-order valence-electron chi connectivity index (χ0n) is 11.2. The molecule has 18 heavy (non-hydrogen) atoms. The molecule has 1 aliphatic rings. The van der Waals surface area contributed by atoms with Crippen LogP contribution in [0.2, 0.25) is 0 Å². The maximum absolute atomic E-state index is 5.25. The third kappa shape index (κ3) is 4.29. The fourth-order valence-electron chi connectivity index (χ4n) is 2.16. The summed E-state index contributed by atoms with van der Waals surface area (Å²) in [6, 6.07) is 7.19. The monoisotopic (exact) mass is 311 g/mol. The molecular weight excluding hydrogens is 290 g/mol. The van der Waals surface area contributed by atoms with Crippen LogP contribution in [0.25, 0.3) is 0 Å². The van der Waals surface area contributed by atoms with Gasteiger partial charge in [-0.2, -0.15) is 0 Å². The predicted molar refractivity (Wildman–Crippen MR) is 79.2 cm³/mol. The van der Waals surface area contributed by atoms with Gasteiger partial charge in [-0.3, -0.25) is 0 Å². The minimum absolute atomic E-state index is 0.719. The van der Waals surface area contributed by atoms with Crippen molar-refractivity contribution >= 4 is 15.9 Å². The van der Waals surface area contributed by atoms with E-state index in [0.717, 1.165) is 35.1 Å². The van der Waals surface area contributed by atoms with Crippen LogP contribution < -0.4 is 10.1 Å². The molecule has 1 atom stereocenters. The van der Waals surface area contributed by atoms with Gasteiger partial charge in [-0.1, -0.05) is 13.0 Å². The lowest BCUT2D eigenvalue weighted by atomic mass is 9.98. The minimum Gasteiger partial charge on any atom is -0.496 e. The van der Waals surface area contributed by atoms with Gasteiger partial charge in [-0.25, -0.2) is 0 Å². The lowest BCUT2D eigenvalue weighted by Crippen LogP contribution is -2.20. The number of methoxy groups -OCH3 is 1. The first-order chi connectivity index (χ1) is 8.69. The largest absolute Gasteiger partial charge is 0.496 e. The van der Waals surface area contributed by atoms with Gasteiger partial charge < -0.3 is 10.1 Å². The lowest BCUT2D eigenvalue weighted by molar-refractivity contribution is 0.411. The Bertz CT molecular complexity index is 390. The highest BCUT2D eigenvalue weighted by atomic mass is 79.9. The summed E-state index contributed by atoms with van der Waals surface area (Å²) in [5, 5.41) is 3.57. The van der Waals surface area contributed by atoms with E-state index in [1.165, 1.54) is 24.8 Å². The second-order valence-corrected chi connectivity index (χ2v) is 6.15. The highest BCUT2D eigenvalue weighted by Gasteiger charge is 2.19. The van der Waals surface area contributed by atoms with Crippen LogP contribution in [0.3, 0.4) is 0 Å². The number of halogens is 1. The van der Waals surface area contributed by atoms with E-state index < -0.39 is 0 Å². The van der Waals surface area contributed by atoms with Gasteiger partial charge >= 0.3 is 0 Å². The zero-order chi connectivity index (χ0) is 13.0. The molecule has 3 heteroatoms. The van der Waals surface area contributed by atoms with Gasteiger partial charge in [0.05, 0.1) is 11.6 Å². The Labute approximate surface area is 118 Å². The van der Waals surface area contributed by atoms with E-state index in [-0.39, 0.29) is 0 Å². The SMILES string of the molecule is COc1ccc(CC(C)CCNC2CC2)cc1Br. The van der Waals surface area contributed by atoms with Gasteiger partial charge in [0.15, 0.2) is 0 Å². The van der Waals surface area contributed by atoms with Gasteiger partial charge in [0, 0.05) is 6.04 Å². The summed E-state index contributed by atoms with van der Waals surface area (Å²) in [6.45, 7) is 3.48. The van der Waals surface area contributed by atoms with E-state index in [1.54, 1.807) is 7.11 Å². The smallest absolute Gasteiger partial charge is 0.133 e. The average molecular weight is 312 g/mol. The third-order valence-corrected chi connectivity index (χ3v) is 4.07. The first-order valence-electron chi connectivity index (χ1n) is 6.75. The van der Waals surface area contributed by atoms with Crippen molar-refractivity contribution in [1.29, 1.82) is 0 Å². The number of ether oxygens (including phenoxy) is 1. The van der Waals surface area contributed by atoms with Crippen molar-refractivity contribution in [2.75, 3.05) is 13.7 Å². The molecule has 2 nitrogen and oxygen atoms in total. The Kier molecular flexibility index (Phi) is 5.07. The van der Waals surface area contributed by atoms with Gasteiger partial charge in [-0.15, -0.1) is 0 Å². The predicted octanol–water partition coefficient (Wildman–Crippen LogP) is 3.78. The normalized spacial score (nSPS) is 16.6. The average Bonchev–Trinajstić information content (AvgIpc) is 3.13. The molecule has 1 fully saturated rings. The molecule has 1 aromatic rings. The number of hydrogen-bond donors (Lipinski definition) is 1. The van der Waals surface area contributed by atoms with Crippen LogP contribution in [-0.4, -0.2) is 19.7 Å². The molecule has 1 N–H and O–H groups in total. The minimum atomic E-state index is 0.719. The Morgan fingerprint density at radius 2 is 2.22 bits per heavy atom. The summed E-state index contributed by atoms with van der Waals surface area (Å²) < 4.78 is 6.29. The standard InChI is InChI=1S/C15H22BrNO/c1-11(7-8-17-13-4-5-13)9-12-3-6-15(18-2)14(16)10-12/h3,6,10-11,13,17H,4-5,7-9H2,1-2H3. The third-order valence-electron chi connectivity index (χ3n) is 3.45. The first kappa shape index (κ1) is 13.9. The van der Waals surface area contributed by atoms with Crippen LogP contribution in [-0.2, 0) is 6.42 Å². The van der Waals surface area contributed by atoms with Crippen LogP contribution in [0, 0.1) is 5.92 Å². The van der Waals surface area contributed by atoms with Crippen molar-refractivity contribution < 1.29 is 4.74 Å². The Morgan fingerprint density at radius 3 is 2.83 bits per heavy atom. The van der Waals surface area contributed by atoms with E-state index in [1.807, 2.05) is 6.07 Å². The summed E-state index contributed by atoms with van der Waals surface area (Å²) in [6.07, 6.45) is 5.13. The highest BCUT2D eigenvalue weighted by molar-refractivity contribution is 9.10. The van der Waals surface area contributed by atoms with E-state index in [2.05, 4.69) is 40.3 Å². The molecule has 1 aromatic carbocycles. The topological polar surface area (TPSA) is 21.3 Å². The van der Waals surface area contributed by atoms with Crippen molar-refractivity contribution in [3.05, 3.63) is 28.2 Å². The Morgan fingerprint density at radius 1 is 1.44 bits per heavy atom. The van der Waals surface area contributed by atoms with Crippen LogP contribution >= 0.6 is 15.9 Å². The first-order valence-corrected chi connectivity index (χ1v) is 7.54. The molecule has 0 bridgehead atoms. The van der Waals surface area contributed by atoms with Crippen LogP contribution in [0.4, 0.5) is 0 Å². The summed E-state index contributed by atoms with van der Waals surface area (Å²) >= 11 is 3.54. The summed E-state index contributed by atoms with van der Waals surface area (Å²) in [4.78, 5) is 0. The summed E-state index contributed by atoms with van der Waals surface area (Å²) in [5.41, 5.74) is 1.38. The molecule has 1 unspecified atom stereocenters. The molecule has 0 spiro atoms. The highest BCUT2D eigenvalue weighted by Crippen LogP contribution is 2.27. The van der Waals surface area contributed by atoms with Gasteiger partial charge in [-0.05, 0) is 71.8 Å². The number of hydrogen-bond acceptors (Lipinski definition) is 2. The molecule has 1 saturated carbocycles. The molecule has 0 aliphatic heterocycles. The van der Waals surface area contributed by atoms with E-state index in [4.69, 9.17) is 4.74 Å². The van der Waals surface area contributed by atoms with Crippen LogP contribution in [0.15, 0.2) is 22.7 Å². The Hall–Kier alpha value is -0.540. The van der Waals surface area contributed by atoms with Gasteiger partial charge in [0.2, 0.25) is 0 Å². The summed E-state index contributed by atoms with van der Waals surface area (Å²) in [5.74, 6) is 1.62. The molecule has 0 saturated heterocycles. The quantitative estimate of drug-likeness (QED) is 0.827. The van der Waals surface area contributed by atoms with Gasteiger partial charge in [0.25, 0.3) is 0 Å². The number of rotatable bonds is 7. The van der Waals surface area contributed by atoms with Crippen molar-refractivity contribution in [2.24, 2.45) is 5.92 Å². The molecule has 0 amide bonds. The van der Waals surface area contributed by atoms with Crippen LogP contribution in [0.5, 0.6) is 5.75 Å². The van der Waals surface area contributed by atoms with Crippen molar-refractivity contribution in [1.82, 2.24) is 5.32 Å². The van der Waals surface area contributed by atoms with Gasteiger partial charge in [0.1, 0.15) is 5.75 Å². The molecule has 0 heterocycles. The molecule has 1 aliphatic carbocycles. The second-order valence-electron chi connectivity index (χ2n) is 5.30. The molecule has 0 aromatic heterocycles. The number of nitrogens with one attached hydrogen (secondary N) is 1. The van der Waals surface area contributed by atoms with Crippen molar-refractivity contribution in [3.63, 3.8) is 0 Å². The van der Waals surface area contributed by atoms with Crippen molar-refractivity contribution in [3.8, 4) is 5.75 Å². The maximum atomic E-state index is 5.25. The fraction of sp³-hybridized carbons (Fsp3) is 0.600. The molecular formula is C15H22BrNO. The van der Waals surface area contributed by atoms with Crippen molar-refractivity contribution in [2.45, 2.75) is 38.6 Å². The lowest BCUT2D eigenvalue weighted by Gasteiger charge is -2.13.